The van der Waals surface area contributed by atoms with Crippen molar-refractivity contribution in [3.05, 3.63) is 23.8 Å². The van der Waals surface area contributed by atoms with Crippen molar-refractivity contribution >= 4 is 23.2 Å². The lowest BCUT2D eigenvalue weighted by molar-refractivity contribution is -0.117. The van der Waals surface area contributed by atoms with Gasteiger partial charge in [0.25, 0.3) is 5.91 Å². The summed E-state index contributed by atoms with van der Waals surface area (Å²) in [5.74, 6) is 0.414. The number of piperazine rings is 1. The molecule has 4 rings (SSSR count). The Morgan fingerprint density at radius 1 is 1.00 bits per heavy atom. The van der Waals surface area contributed by atoms with Crippen LogP contribution in [0.25, 0.3) is 0 Å². The number of hydrogen-bond acceptors (Lipinski definition) is 4. The summed E-state index contributed by atoms with van der Waals surface area (Å²) in [6, 6.07) is 5.84. The van der Waals surface area contributed by atoms with Gasteiger partial charge in [0.15, 0.2) is 0 Å². The lowest BCUT2D eigenvalue weighted by Crippen LogP contribution is -2.49. The van der Waals surface area contributed by atoms with E-state index < -0.39 is 0 Å². The molecule has 0 unspecified atom stereocenters. The van der Waals surface area contributed by atoms with Gasteiger partial charge in [-0.2, -0.15) is 0 Å². The topological polar surface area (TPSA) is 55.9 Å². The molecular formula is C23H34N4O2. The number of benzene rings is 1. The van der Waals surface area contributed by atoms with Gasteiger partial charge in [0, 0.05) is 50.9 Å². The molecule has 0 spiro atoms. The van der Waals surface area contributed by atoms with E-state index in [9.17, 15) is 9.59 Å². The van der Waals surface area contributed by atoms with Gasteiger partial charge in [-0.15, -0.1) is 0 Å². The average Bonchev–Trinajstić information content (AvgIpc) is 3.60. The van der Waals surface area contributed by atoms with Crippen LogP contribution in [0, 0.1) is 5.92 Å². The summed E-state index contributed by atoms with van der Waals surface area (Å²) in [5.41, 5.74) is 2.58. The van der Waals surface area contributed by atoms with Gasteiger partial charge in [-0.3, -0.25) is 14.5 Å². The number of anilines is 2. The second-order valence-corrected chi connectivity index (χ2v) is 8.68. The summed E-state index contributed by atoms with van der Waals surface area (Å²) >= 11 is 0. The van der Waals surface area contributed by atoms with E-state index in [0.29, 0.717) is 0 Å². The van der Waals surface area contributed by atoms with Crippen LogP contribution in [0.5, 0.6) is 0 Å². The number of nitrogens with one attached hydrogen (secondary N) is 1. The summed E-state index contributed by atoms with van der Waals surface area (Å²) in [5, 5.41) is 3.05. The van der Waals surface area contributed by atoms with Crippen LogP contribution in [-0.2, 0) is 4.79 Å². The van der Waals surface area contributed by atoms with Gasteiger partial charge in [-0.25, -0.2) is 0 Å². The fraction of sp³-hybridized carbons (Fsp3) is 0.652. The molecule has 158 valence electrons. The summed E-state index contributed by atoms with van der Waals surface area (Å²) in [7, 11) is 0. The number of carbonyl (C=O) groups is 2. The van der Waals surface area contributed by atoms with Crippen molar-refractivity contribution in [1.82, 2.24) is 9.80 Å². The molecule has 29 heavy (non-hydrogen) atoms. The van der Waals surface area contributed by atoms with Crippen molar-refractivity contribution in [2.24, 2.45) is 5.92 Å². The van der Waals surface area contributed by atoms with Crippen molar-refractivity contribution in [3.8, 4) is 0 Å². The molecule has 2 aliphatic heterocycles. The predicted molar refractivity (Wildman–Crippen MR) is 116 cm³/mol. The van der Waals surface area contributed by atoms with E-state index in [0.717, 1.165) is 94.9 Å². The third-order valence-corrected chi connectivity index (χ3v) is 6.34. The largest absolute Gasteiger partial charge is 0.371 e. The van der Waals surface area contributed by atoms with Crippen LogP contribution in [0.4, 0.5) is 11.4 Å². The SMILES string of the molecule is CCCN1CCN(C(=O)c2ccc(NC(=O)C3CC3)cc2N2CCCCC2)CC1. The molecule has 0 aromatic heterocycles. The molecule has 1 aromatic carbocycles. The molecule has 6 nitrogen and oxygen atoms in total. The zero-order valence-electron chi connectivity index (χ0n) is 17.7. The molecule has 1 saturated carbocycles. The van der Waals surface area contributed by atoms with Crippen LogP contribution < -0.4 is 10.2 Å². The Hall–Kier alpha value is -2.08. The quantitative estimate of drug-likeness (QED) is 0.800. The Morgan fingerprint density at radius 3 is 2.38 bits per heavy atom. The number of rotatable bonds is 6. The van der Waals surface area contributed by atoms with Crippen molar-refractivity contribution in [2.75, 3.05) is 56.0 Å². The molecular weight excluding hydrogens is 364 g/mol. The number of carbonyl (C=O) groups excluding carboxylic acids is 2. The Bertz CT molecular complexity index is 732. The maximum Gasteiger partial charge on any atom is 0.256 e. The lowest BCUT2D eigenvalue weighted by Gasteiger charge is -2.36. The molecule has 2 amide bonds. The van der Waals surface area contributed by atoms with Gasteiger partial charge >= 0.3 is 0 Å². The first-order chi connectivity index (χ1) is 14.2. The monoisotopic (exact) mass is 398 g/mol. The van der Waals surface area contributed by atoms with Crippen LogP contribution in [0.15, 0.2) is 18.2 Å². The predicted octanol–water partition coefficient (Wildman–Crippen LogP) is 3.19. The summed E-state index contributed by atoms with van der Waals surface area (Å²) in [6.07, 6.45) is 6.69. The number of amides is 2. The Kier molecular flexibility index (Phi) is 6.38. The smallest absolute Gasteiger partial charge is 0.256 e. The molecule has 3 fully saturated rings. The number of hydrogen-bond donors (Lipinski definition) is 1. The number of nitrogens with zero attached hydrogens (tertiary/aromatic N) is 3. The lowest BCUT2D eigenvalue weighted by atomic mass is 10.0. The van der Waals surface area contributed by atoms with E-state index in [1.807, 2.05) is 23.1 Å². The molecule has 6 heteroatoms. The third kappa shape index (κ3) is 4.92. The van der Waals surface area contributed by atoms with E-state index in [1.165, 1.54) is 6.42 Å². The van der Waals surface area contributed by atoms with Crippen LogP contribution in [0.2, 0.25) is 0 Å². The minimum atomic E-state index is 0.112. The van der Waals surface area contributed by atoms with Crippen molar-refractivity contribution < 1.29 is 9.59 Å². The highest BCUT2D eigenvalue weighted by Crippen LogP contribution is 2.32. The van der Waals surface area contributed by atoms with Gasteiger partial charge in [0.2, 0.25) is 5.91 Å². The second kappa shape index (κ2) is 9.16. The Balaban J connectivity index is 1.52. The zero-order valence-corrected chi connectivity index (χ0v) is 17.7. The fourth-order valence-corrected chi connectivity index (χ4v) is 4.44. The zero-order chi connectivity index (χ0) is 20.2. The molecule has 0 bridgehead atoms. The maximum absolute atomic E-state index is 13.4. The summed E-state index contributed by atoms with van der Waals surface area (Å²) in [6.45, 7) is 8.75. The molecule has 1 aliphatic carbocycles. The summed E-state index contributed by atoms with van der Waals surface area (Å²) < 4.78 is 0. The third-order valence-electron chi connectivity index (χ3n) is 6.34. The highest BCUT2D eigenvalue weighted by atomic mass is 16.2. The molecule has 3 aliphatic rings. The van der Waals surface area contributed by atoms with Crippen LogP contribution in [0.1, 0.15) is 55.8 Å². The first kappa shape index (κ1) is 20.2. The van der Waals surface area contributed by atoms with E-state index in [4.69, 9.17) is 0 Å². The minimum absolute atomic E-state index is 0.112. The maximum atomic E-state index is 13.4. The highest BCUT2D eigenvalue weighted by Gasteiger charge is 2.30. The molecule has 0 atom stereocenters. The number of piperidine rings is 1. The Labute approximate surface area is 174 Å². The molecule has 2 heterocycles. The molecule has 1 aromatic rings. The average molecular weight is 399 g/mol. The molecule has 0 radical (unpaired) electrons. The normalized spacial score (nSPS) is 20.6. The first-order valence-corrected chi connectivity index (χ1v) is 11.4. The van der Waals surface area contributed by atoms with Crippen molar-refractivity contribution in [3.63, 3.8) is 0 Å². The van der Waals surface area contributed by atoms with E-state index in [2.05, 4.69) is 22.0 Å². The first-order valence-electron chi connectivity index (χ1n) is 11.4. The minimum Gasteiger partial charge on any atom is -0.371 e. The van der Waals surface area contributed by atoms with Gasteiger partial charge in [0.1, 0.15) is 0 Å². The van der Waals surface area contributed by atoms with Crippen LogP contribution >= 0.6 is 0 Å². The van der Waals surface area contributed by atoms with Crippen molar-refractivity contribution in [1.29, 1.82) is 0 Å². The molecule has 1 N–H and O–H groups in total. The van der Waals surface area contributed by atoms with Crippen LogP contribution in [-0.4, -0.2) is 67.4 Å². The Morgan fingerprint density at radius 2 is 1.72 bits per heavy atom. The van der Waals surface area contributed by atoms with Gasteiger partial charge < -0.3 is 15.1 Å². The van der Waals surface area contributed by atoms with E-state index in [-0.39, 0.29) is 17.7 Å². The van der Waals surface area contributed by atoms with Crippen LogP contribution in [0.3, 0.4) is 0 Å². The summed E-state index contributed by atoms with van der Waals surface area (Å²) in [4.78, 5) is 32.3. The van der Waals surface area contributed by atoms with E-state index in [1.54, 1.807) is 0 Å². The second-order valence-electron chi connectivity index (χ2n) is 8.68. The highest BCUT2D eigenvalue weighted by molar-refractivity contribution is 6.02. The fourth-order valence-electron chi connectivity index (χ4n) is 4.44. The van der Waals surface area contributed by atoms with Crippen molar-refractivity contribution in [2.45, 2.75) is 45.4 Å². The van der Waals surface area contributed by atoms with Gasteiger partial charge in [-0.05, 0) is 63.3 Å². The molecule has 2 saturated heterocycles. The van der Waals surface area contributed by atoms with E-state index >= 15 is 0 Å². The van der Waals surface area contributed by atoms with Gasteiger partial charge in [-0.1, -0.05) is 6.92 Å². The van der Waals surface area contributed by atoms with Gasteiger partial charge in [0.05, 0.1) is 11.3 Å². The standard InChI is InChI=1S/C23H34N4O2/c1-2-10-25-13-15-27(16-14-25)23(29)20-9-8-19(24-22(28)18-6-7-18)17-21(20)26-11-4-3-5-12-26/h8-9,17-18H,2-7,10-16H2,1H3,(H,24,28).